The van der Waals surface area contributed by atoms with Gasteiger partial charge in [0.05, 0.1) is 4.90 Å². The van der Waals surface area contributed by atoms with Crippen LogP contribution in [0.5, 0.6) is 0 Å². The van der Waals surface area contributed by atoms with Gasteiger partial charge in [-0.15, -0.1) is 0 Å². The van der Waals surface area contributed by atoms with Gasteiger partial charge in [-0.25, -0.2) is 17.9 Å². The zero-order valence-electron chi connectivity index (χ0n) is 15.3. The van der Waals surface area contributed by atoms with E-state index in [1.165, 1.54) is 24.3 Å². The van der Waals surface area contributed by atoms with Gasteiger partial charge < -0.3 is 10.6 Å². The second kappa shape index (κ2) is 9.51. The first-order valence-corrected chi connectivity index (χ1v) is 10.6. The van der Waals surface area contributed by atoms with Gasteiger partial charge in [-0.2, -0.15) is 0 Å². The van der Waals surface area contributed by atoms with Crippen molar-refractivity contribution in [1.82, 2.24) is 15.0 Å². The molecule has 0 unspecified atom stereocenters. The van der Waals surface area contributed by atoms with Crippen molar-refractivity contribution in [2.24, 2.45) is 0 Å². The lowest BCUT2D eigenvalue weighted by molar-refractivity contribution is 0.251. The number of carbonyl (C=O) groups excluding carboxylic acids is 1. The number of nitrogens with one attached hydrogen (secondary N) is 3. The van der Waals surface area contributed by atoms with Crippen LogP contribution in [-0.2, 0) is 23.1 Å². The quantitative estimate of drug-likeness (QED) is 0.533. The summed E-state index contributed by atoms with van der Waals surface area (Å²) >= 11 is 5.91. The van der Waals surface area contributed by atoms with E-state index in [9.17, 15) is 13.2 Å². The van der Waals surface area contributed by atoms with Crippen molar-refractivity contribution in [1.29, 1.82) is 0 Å². The fourth-order valence-corrected chi connectivity index (χ4v) is 3.72. The molecular weight excluding hydrogens is 412 g/mol. The van der Waals surface area contributed by atoms with Crippen LogP contribution < -0.4 is 15.4 Å². The summed E-state index contributed by atoms with van der Waals surface area (Å²) in [5, 5.41) is 5.90. The summed E-state index contributed by atoms with van der Waals surface area (Å²) in [4.78, 5) is 16.0. The zero-order chi connectivity index (χ0) is 20.7. The topological polar surface area (TPSA) is 100 Å². The molecule has 0 aliphatic carbocycles. The minimum atomic E-state index is -3.69. The predicted octanol–water partition coefficient (Wildman–Crippen LogP) is 3.54. The number of hydrogen-bond acceptors (Lipinski definition) is 4. The number of sulfonamides is 1. The normalized spacial score (nSPS) is 11.1. The van der Waals surface area contributed by atoms with Crippen LogP contribution in [0.4, 0.5) is 10.5 Å². The van der Waals surface area contributed by atoms with E-state index < -0.39 is 16.1 Å². The van der Waals surface area contributed by atoms with Gasteiger partial charge in [0, 0.05) is 36.2 Å². The molecule has 7 nitrogen and oxygen atoms in total. The first-order valence-electron chi connectivity index (χ1n) is 8.70. The minimum absolute atomic E-state index is 0.0980. The number of carbonyl (C=O) groups is 1. The molecule has 2 aromatic carbocycles. The van der Waals surface area contributed by atoms with E-state index in [1.54, 1.807) is 42.7 Å². The molecule has 3 N–H and O–H groups in total. The molecule has 2 amide bonds. The van der Waals surface area contributed by atoms with Crippen LogP contribution in [0, 0.1) is 0 Å². The number of anilines is 1. The van der Waals surface area contributed by atoms with E-state index in [0.29, 0.717) is 17.3 Å². The fraction of sp³-hybridized carbons (Fsp3) is 0.100. The number of hydrogen-bond donors (Lipinski definition) is 3. The van der Waals surface area contributed by atoms with Gasteiger partial charge in [0.1, 0.15) is 0 Å². The maximum absolute atomic E-state index is 12.4. The Morgan fingerprint density at radius 3 is 2.41 bits per heavy atom. The molecule has 150 valence electrons. The molecule has 1 aromatic heterocycles. The average molecular weight is 431 g/mol. The highest BCUT2D eigenvalue weighted by Crippen LogP contribution is 2.15. The van der Waals surface area contributed by atoms with Gasteiger partial charge in [0.15, 0.2) is 0 Å². The highest BCUT2D eigenvalue weighted by Gasteiger charge is 2.14. The maximum atomic E-state index is 12.4. The summed E-state index contributed by atoms with van der Waals surface area (Å²) in [6.07, 6.45) is 3.32. The van der Waals surface area contributed by atoms with Gasteiger partial charge in [-0.3, -0.25) is 4.98 Å². The van der Waals surface area contributed by atoms with Gasteiger partial charge in [-0.05, 0) is 53.6 Å². The van der Waals surface area contributed by atoms with Crippen LogP contribution in [-0.4, -0.2) is 19.4 Å². The lowest BCUT2D eigenvalue weighted by atomic mass is 10.2. The van der Waals surface area contributed by atoms with Crippen molar-refractivity contribution in [3.8, 4) is 0 Å². The van der Waals surface area contributed by atoms with Gasteiger partial charge in [0.2, 0.25) is 10.0 Å². The Morgan fingerprint density at radius 1 is 0.966 bits per heavy atom. The van der Waals surface area contributed by atoms with Crippen molar-refractivity contribution in [3.63, 3.8) is 0 Å². The van der Waals surface area contributed by atoms with Crippen molar-refractivity contribution < 1.29 is 13.2 Å². The van der Waals surface area contributed by atoms with Crippen LogP contribution in [0.2, 0.25) is 5.02 Å². The third kappa shape index (κ3) is 6.28. The Bertz CT molecular complexity index is 1070. The average Bonchev–Trinajstić information content (AvgIpc) is 2.72. The van der Waals surface area contributed by atoms with E-state index in [4.69, 9.17) is 11.6 Å². The summed E-state index contributed by atoms with van der Waals surface area (Å²) < 4.78 is 27.4. The number of halogens is 1. The lowest BCUT2D eigenvalue weighted by Crippen LogP contribution is -2.28. The Morgan fingerprint density at radius 2 is 1.72 bits per heavy atom. The molecule has 0 aliphatic heterocycles. The SMILES string of the molecule is O=C(NCc1cccnc1)Nc1ccc(S(=O)(=O)NCc2cccc(Cl)c2)cc1. The third-order valence-corrected chi connectivity index (χ3v) is 5.61. The Kier molecular flexibility index (Phi) is 6.82. The van der Waals surface area contributed by atoms with Crippen molar-refractivity contribution in [2.75, 3.05) is 5.32 Å². The first kappa shape index (κ1) is 20.8. The maximum Gasteiger partial charge on any atom is 0.319 e. The Hall–Kier alpha value is -2.94. The minimum Gasteiger partial charge on any atom is -0.334 e. The standard InChI is InChI=1S/C20H19ClN4O3S/c21-17-5-1-3-15(11-17)14-24-29(27,28)19-8-6-18(7-9-19)25-20(26)23-13-16-4-2-10-22-12-16/h1-12,24H,13-14H2,(H2,23,25,26). The molecule has 3 aromatic rings. The van der Waals surface area contributed by atoms with Crippen LogP contribution in [0.3, 0.4) is 0 Å². The van der Waals surface area contributed by atoms with Crippen LogP contribution >= 0.6 is 11.6 Å². The molecule has 0 radical (unpaired) electrons. The number of nitrogens with zero attached hydrogens (tertiary/aromatic N) is 1. The fourth-order valence-electron chi connectivity index (χ4n) is 2.49. The molecule has 1 heterocycles. The summed E-state index contributed by atoms with van der Waals surface area (Å²) in [7, 11) is -3.69. The van der Waals surface area contributed by atoms with Crippen LogP contribution in [0.25, 0.3) is 0 Å². The molecular formula is C20H19ClN4O3S. The van der Waals surface area contributed by atoms with E-state index in [0.717, 1.165) is 11.1 Å². The number of benzene rings is 2. The Labute approximate surface area is 174 Å². The summed E-state index contributed by atoms with van der Waals surface area (Å²) in [5.41, 5.74) is 2.10. The summed E-state index contributed by atoms with van der Waals surface area (Å²) in [6, 6.07) is 16.1. The molecule has 0 spiro atoms. The first-order chi connectivity index (χ1) is 13.9. The van der Waals surface area contributed by atoms with Crippen LogP contribution in [0.15, 0.2) is 78.0 Å². The summed E-state index contributed by atoms with van der Waals surface area (Å²) in [6.45, 7) is 0.458. The molecule has 29 heavy (non-hydrogen) atoms. The van der Waals surface area contributed by atoms with Crippen molar-refractivity contribution in [3.05, 3.63) is 89.2 Å². The van der Waals surface area contributed by atoms with E-state index in [-0.39, 0.29) is 11.4 Å². The van der Waals surface area contributed by atoms with E-state index >= 15 is 0 Å². The summed E-state index contributed by atoms with van der Waals surface area (Å²) in [5.74, 6) is 0. The van der Waals surface area contributed by atoms with E-state index in [1.807, 2.05) is 6.07 Å². The van der Waals surface area contributed by atoms with Gasteiger partial charge in [0.25, 0.3) is 0 Å². The third-order valence-electron chi connectivity index (χ3n) is 3.95. The lowest BCUT2D eigenvalue weighted by Gasteiger charge is -2.10. The molecule has 3 rings (SSSR count). The number of pyridine rings is 1. The smallest absolute Gasteiger partial charge is 0.319 e. The largest absolute Gasteiger partial charge is 0.334 e. The van der Waals surface area contributed by atoms with Gasteiger partial charge in [-0.1, -0.05) is 29.8 Å². The molecule has 9 heteroatoms. The second-order valence-corrected chi connectivity index (χ2v) is 8.35. The number of amides is 2. The van der Waals surface area contributed by atoms with E-state index in [2.05, 4.69) is 20.3 Å². The molecule has 0 saturated carbocycles. The molecule has 0 fully saturated rings. The molecule has 0 bridgehead atoms. The number of rotatable bonds is 7. The monoisotopic (exact) mass is 430 g/mol. The highest BCUT2D eigenvalue weighted by atomic mass is 35.5. The second-order valence-electron chi connectivity index (χ2n) is 6.15. The number of aromatic nitrogens is 1. The highest BCUT2D eigenvalue weighted by molar-refractivity contribution is 7.89. The Balaban J connectivity index is 1.55. The molecule has 0 aliphatic rings. The molecule has 0 atom stereocenters. The molecule has 0 saturated heterocycles. The predicted molar refractivity (Wildman–Crippen MR) is 112 cm³/mol. The van der Waals surface area contributed by atoms with Gasteiger partial charge >= 0.3 is 6.03 Å². The van der Waals surface area contributed by atoms with Crippen molar-refractivity contribution in [2.45, 2.75) is 18.0 Å². The number of urea groups is 1. The van der Waals surface area contributed by atoms with Crippen LogP contribution in [0.1, 0.15) is 11.1 Å². The van der Waals surface area contributed by atoms with Crippen molar-refractivity contribution >= 4 is 33.3 Å². The zero-order valence-corrected chi connectivity index (χ0v) is 16.9.